The molecule has 0 saturated heterocycles. The van der Waals surface area contributed by atoms with E-state index in [0.29, 0.717) is 19.3 Å². The molecule has 47 heavy (non-hydrogen) atoms. The molecule has 2 aromatic carbocycles. The van der Waals surface area contributed by atoms with E-state index < -0.39 is 51.1 Å². The Labute approximate surface area is 277 Å². The third-order valence-electron chi connectivity index (χ3n) is 11.9. The molecule has 0 amide bonds. The maximum absolute atomic E-state index is 13.8. The number of ether oxygens (including phenoxy) is 2. The number of anilines is 1. The molecule has 0 heterocycles. The van der Waals surface area contributed by atoms with Gasteiger partial charge in [0.1, 0.15) is 12.2 Å². The van der Waals surface area contributed by atoms with E-state index in [9.17, 15) is 28.2 Å². The summed E-state index contributed by atoms with van der Waals surface area (Å²) in [5, 5.41) is 25.1. The largest absolute Gasteiger partial charge is 0.393 e. The summed E-state index contributed by atoms with van der Waals surface area (Å²) in [6, 6.07) is 13.1. The quantitative estimate of drug-likeness (QED) is 0.310. The molecule has 2 aromatic rings. The van der Waals surface area contributed by atoms with Gasteiger partial charge in [0.2, 0.25) is 9.84 Å². The number of carbonyl (C=O) groups excluding carboxylic acids is 2. The van der Waals surface area contributed by atoms with E-state index in [2.05, 4.69) is 12.2 Å². The number of aliphatic hydroxyl groups is 2. The fraction of sp³-hybridized carbons (Fsp3) is 0.514. The Hall–Kier alpha value is -3.15. The van der Waals surface area contributed by atoms with Gasteiger partial charge in [-0.05, 0) is 98.1 Å². The van der Waals surface area contributed by atoms with Gasteiger partial charge in [0.25, 0.3) is 0 Å². The van der Waals surface area contributed by atoms with Gasteiger partial charge in [-0.25, -0.2) is 8.42 Å². The lowest BCUT2D eigenvalue weighted by molar-refractivity contribution is -0.246. The number of Topliss-reactive ketones (excluding diaryl/α,β-unsaturated/α-hetero) is 1. The Morgan fingerprint density at radius 1 is 1.06 bits per heavy atom. The molecule has 10 heteroatoms. The minimum Gasteiger partial charge on any atom is -0.393 e. The minimum atomic E-state index is -3.72. The molecule has 3 fully saturated rings. The van der Waals surface area contributed by atoms with Crippen LogP contribution in [-0.2, 0) is 35.3 Å². The van der Waals surface area contributed by atoms with Crippen LogP contribution < -0.4 is 5.32 Å². The first-order chi connectivity index (χ1) is 22.3. The summed E-state index contributed by atoms with van der Waals surface area (Å²) in [5.41, 5.74) is 0.0508. The fourth-order valence-corrected chi connectivity index (χ4v) is 10.8. The molecular formula is C37H45NO8S. The molecule has 0 aromatic heterocycles. The van der Waals surface area contributed by atoms with Crippen LogP contribution in [0.15, 0.2) is 82.1 Å². The molecule has 252 valence electrons. The maximum Gasteiger partial charge on any atom is 0.206 e. The second-order valence-corrected chi connectivity index (χ2v) is 16.0. The van der Waals surface area contributed by atoms with E-state index in [1.54, 1.807) is 67.7 Å². The Balaban J connectivity index is 1.24. The Bertz CT molecular complexity index is 1700. The van der Waals surface area contributed by atoms with E-state index in [0.717, 1.165) is 29.7 Å². The summed E-state index contributed by atoms with van der Waals surface area (Å²) in [6.07, 6.45) is 6.88. The third kappa shape index (κ3) is 5.42. The summed E-state index contributed by atoms with van der Waals surface area (Å²) in [6.45, 7) is 3.43. The van der Waals surface area contributed by atoms with Crippen molar-refractivity contribution in [3.63, 3.8) is 0 Å². The van der Waals surface area contributed by atoms with Gasteiger partial charge in [-0.15, -0.1) is 0 Å². The summed E-state index contributed by atoms with van der Waals surface area (Å²) < 4.78 is 39.0. The van der Waals surface area contributed by atoms with Gasteiger partial charge in [-0.1, -0.05) is 37.6 Å². The van der Waals surface area contributed by atoms with Crippen molar-refractivity contribution >= 4 is 27.1 Å². The van der Waals surface area contributed by atoms with E-state index in [4.69, 9.17) is 9.47 Å². The number of ketones is 2. The van der Waals surface area contributed by atoms with Crippen LogP contribution >= 0.6 is 0 Å². The van der Waals surface area contributed by atoms with Crippen molar-refractivity contribution < 1.29 is 37.7 Å². The lowest BCUT2D eigenvalue weighted by atomic mass is 9.46. The normalized spacial score (nSPS) is 33.7. The van der Waals surface area contributed by atoms with Crippen molar-refractivity contribution in [2.75, 3.05) is 26.1 Å². The first kappa shape index (κ1) is 33.7. The molecule has 0 radical (unpaired) electrons. The molecule has 9 nitrogen and oxygen atoms in total. The average Bonchev–Trinajstić information content (AvgIpc) is 3.36. The number of sulfone groups is 1. The second-order valence-electron chi connectivity index (χ2n) is 14.1. The van der Waals surface area contributed by atoms with Crippen LogP contribution in [0.25, 0.3) is 0 Å². The predicted molar refractivity (Wildman–Crippen MR) is 176 cm³/mol. The zero-order chi connectivity index (χ0) is 33.8. The van der Waals surface area contributed by atoms with Crippen molar-refractivity contribution in [1.29, 1.82) is 0 Å². The van der Waals surface area contributed by atoms with Crippen LogP contribution in [0.3, 0.4) is 0 Å². The highest BCUT2D eigenvalue weighted by atomic mass is 32.2. The van der Waals surface area contributed by atoms with Gasteiger partial charge < -0.3 is 25.0 Å². The number of rotatable bonds is 10. The minimum absolute atomic E-state index is 0.0192. The molecule has 0 aliphatic heterocycles. The summed E-state index contributed by atoms with van der Waals surface area (Å²) in [4.78, 5) is 26.3. The summed E-state index contributed by atoms with van der Waals surface area (Å²) in [7, 11) is -0.451. The molecule has 3 saturated carbocycles. The van der Waals surface area contributed by atoms with Gasteiger partial charge >= 0.3 is 0 Å². The number of hydrogen-bond acceptors (Lipinski definition) is 9. The number of allylic oxidation sites excluding steroid dienone is 4. The Morgan fingerprint density at radius 3 is 2.34 bits per heavy atom. The van der Waals surface area contributed by atoms with Crippen LogP contribution in [0.5, 0.6) is 0 Å². The van der Waals surface area contributed by atoms with Gasteiger partial charge in [0, 0.05) is 43.0 Å². The second kappa shape index (κ2) is 12.4. The van der Waals surface area contributed by atoms with E-state index in [1.807, 2.05) is 13.0 Å². The van der Waals surface area contributed by atoms with Crippen LogP contribution in [-0.4, -0.2) is 69.0 Å². The van der Waals surface area contributed by atoms with Crippen molar-refractivity contribution in [2.45, 2.75) is 80.2 Å². The van der Waals surface area contributed by atoms with E-state index in [1.165, 1.54) is 7.11 Å². The highest BCUT2D eigenvalue weighted by Crippen LogP contribution is 2.68. The van der Waals surface area contributed by atoms with Gasteiger partial charge in [0.05, 0.1) is 15.9 Å². The molecule has 4 aliphatic carbocycles. The summed E-state index contributed by atoms with van der Waals surface area (Å²) in [5.74, 6) is -0.384. The van der Waals surface area contributed by atoms with Gasteiger partial charge in [-0.3, -0.25) is 9.59 Å². The summed E-state index contributed by atoms with van der Waals surface area (Å²) >= 11 is 0. The van der Waals surface area contributed by atoms with Crippen LogP contribution in [0.2, 0.25) is 0 Å². The van der Waals surface area contributed by atoms with Crippen molar-refractivity contribution in [3.05, 3.63) is 77.9 Å². The van der Waals surface area contributed by atoms with Crippen LogP contribution in [0, 0.1) is 28.6 Å². The molecule has 0 spiro atoms. The van der Waals surface area contributed by atoms with Crippen LogP contribution in [0.1, 0.15) is 51.5 Å². The highest BCUT2D eigenvalue weighted by molar-refractivity contribution is 7.91. The first-order valence-corrected chi connectivity index (χ1v) is 17.9. The number of carbonyl (C=O) groups is 2. The van der Waals surface area contributed by atoms with E-state index >= 15 is 0 Å². The molecular weight excluding hydrogens is 618 g/mol. The van der Waals surface area contributed by atoms with Crippen LogP contribution in [0.4, 0.5) is 5.69 Å². The highest BCUT2D eigenvalue weighted by Gasteiger charge is 2.69. The molecule has 3 N–H and O–H groups in total. The molecule has 4 aliphatic rings. The number of methoxy groups -OCH3 is 1. The van der Waals surface area contributed by atoms with Crippen molar-refractivity contribution in [1.82, 2.24) is 0 Å². The number of benzene rings is 2. The SMILES string of the molecule is CNc1ccc(S(=O)(=O)c2ccc(C[C@H](OC)O[C@]3(C(=O)CO)CC[C@H]4[C@@H]5CCC6=CC(=O)C=C[C@]6(C)[C@H]5[C@@H](O)C[C@@]43C)cc2)cc1. The number of aliphatic hydroxyl groups excluding tert-OH is 2. The first-order valence-electron chi connectivity index (χ1n) is 16.4. The lowest BCUT2D eigenvalue weighted by Crippen LogP contribution is -2.63. The van der Waals surface area contributed by atoms with Gasteiger partial charge in [-0.2, -0.15) is 0 Å². The van der Waals surface area contributed by atoms with Gasteiger partial charge in [0.15, 0.2) is 17.9 Å². The number of hydrogen-bond donors (Lipinski definition) is 3. The molecule has 0 bridgehead atoms. The smallest absolute Gasteiger partial charge is 0.206 e. The monoisotopic (exact) mass is 663 g/mol. The van der Waals surface area contributed by atoms with E-state index in [-0.39, 0.29) is 39.7 Å². The molecule has 0 unspecified atom stereocenters. The standard InChI is InChI=1S/C37H45NO8S/c1-35-17-15-26(40)20-24(35)7-14-29-30-16-18-37(32(42)22-39,36(30,2)21-31(41)34(29)35)46-33(45-4)19-23-5-10-27(11-6-23)47(43,44)28-12-8-25(38-3)9-13-28/h5-6,8-13,15,17,20,29-31,33-34,38-39,41H,7,14,16,18-19,21-22H2,1-4H3/t29-,30-,31-,33+,34+,35-,36-,37-/m0/s1. The molecule has 8 atom stereocenters. The molecule has 6 rings (SSSR count). The fourth-order valence-electron chi connectivity index (χ4n) is 9.49. The van der Waals surface area contributed by atoms with Crippen molar-refractivity contribution in [3.8, 4) is 0 Å². The Morgan fingerprint density at radius 2 is 1.72 bits per heavy atom. The number of nitrogens with one attached hydrogen (secondary N) is 1. The lowest BCUT2D eigenvalue weighted by Gasteiger charge is -2.60. The Kier molecular flexibility index (Phi) is 8.89. The topological polar surface area (TPSA) is 139 Å². The predicted octanol–water partition coefficient (Wildman–Crippen LogP) is 4.67. The number of fused-ring (bicyclic) bond motifs is 5. The zero-order valence-electron chi connectivity index (χ0n) is 27.4. The average molecular weight is 664 g/mol. The van der Waals surface area contributed by atoms with Crippen molar-refractivity contribution in [2.24, 2.45) is 28.6 Å². The maximum atomic E-state index is 13.8. The zero-order valence-corrected chi connectivity index (χ0v) is 28.3. The third-order valence-corrected chi connectivity index (χ3v) is 13.7.